The molecule has 1 spiro atoms. The Balaban J connectivity index is 1.81. The SMILES string of the molecule is CC(C)C[C@@H]1NC(=O)[C@@]23C(=O)C[C@@H](O)CCC[C@H](O)/C=C\[C@H]2[C@@H]2O[C@@H]2[C@@H](C)[C@@H]13. The molecule has 0 bridgehead atoms. The minimum Gasteiger partial charge on any atom is -0.393 e. The quantitative estimate of drug-likeness (QED) is 0.377. The predicted molar refractivity (Wildman–Crippen MR) is 103 cm³/mol. The maximum atomic E-state index is 13.7. The summed E-state index contributed by atoms with van der Waals surface area (Å²) in [6, 6.07) is -0.0697. The van der Waals surface area contributed by atoms with Crippen LogP contribution in [-0.4, -0.2) is 52.4 Å². The Hall–Kier alpha value is -1.24. The molecule has 0 aromatic heterocycles. The lowest BCUT2D eigenvalue weighted by Crippen LogP contribution is -2.56. The number of Topliss-reactive ketones (excluding diaryl/α,β-unsaturated/α-hetero) is 1. The van der Waals surface area contributed by atoms with Crippen LogP contribution in [0.2, 0.25) is 0 Å². The van der Waals surface area contributed by atoms with E-state index in [2.05, 4.69) is 26.1 Å². The molecule has 2 saturated heterocycles. The predicted octanol–water partition coefficient (Wildman–Crippen LogP) is 1.59. The highest BCUT2D eigenvalue weighted by Crippen LogP contribution is 2.61. The summed E-state index contributed by atoms with van der Waals surface area (Å²) < 4.78 is 5.97. The largest absolute Gasteiger partial charge is 0.393 e. The van der Waals surface area contributed by atoms with E-state index in [4.69, 9.17) is 4.74 Å². The van der Waals surface area contributed by atoms with Crippen LogP contribution in [0.3, 0.4) is 0 Å². The number of ether oxygens (including phenoxy) is 1. The number of epoxide rings is 1. The molecule has 1 saturated carbocycles. The van der Waals surface area contributed by atoms with Gasteiger partial charge in [-0.15, -0.1) is 0 Å². The van der Waals surface area contributed by atoms with E-state index in [0.29, 0.717) is 25.2 Å². The Labute approximate surface area is 166 Å². The first-order chi connectivity index (χ1) is 13.3. The zero-order chi connectivity index (χ0) is 20.2. The summed E-state index contributed by atoms with van der Waals surface area (Å²) >= 11 is 0. The molecule has 3 fully saturated rings. The Morgan fingerprint density at radius 1 is 1.21 bits per heavy atom. The normalized spacial score (nSPS) is 49.5. The third-order valence-electron chi connectivity index (χ3n) is 7.36. The van der Waals surface area contributed by atoms with Gasteiger partial charge >= 0.3 is 0 Å². The number of carbonyl (C=O) groups excluding carboxylic acids is 2. The van der Waals surface area contributed by atoms with E-state index in [1.807, 2.05) is 6.08 Å². The molecule has 2 aliphatic heterocycles. The van der Waals surface area contributed by atoms with Crippen molar-refractivity contribution >= 4 is 11.7 Å². The minimum atomic E-state index is -1.21. The maximum Gasteiger partial charge on any atom is 0.235 e. The summed E-state index contributed by atoms with van der Waals surface area (Å²) in [5.74, 6) is -0.440. The summed E-state index contributed by atoms with van der Waals surface area (Å²) in [5.41, 5.74) is -1.21. The second kappa shape index (κ2) is 7.22. The van der Waals surface area contributed by atoms with E-state index in [1.54, 1.807) is 6.08 Å². The molecule has 1 amide bonds. The molecule has 3 N–H and O–H groups in total. The molecule has 0 aromatic carbocycles. The van der Waals surface area contributed by atoms with Gasteiger partial charge in [-0.2, -0.15) is 0 Å². The van der Waals surface area contributed by atoms with Gasteiger partial charge in [0, 0.05) is 24.3 Å². The lowest BCUT2D eigenvalue weighted by atomic mass is 9.53. The standard InChI is InChI=1S/C22H33NO5/c1-11(2)9-16-18-12(3)19-20(28-19)15-8-7-13(24)5-4-6-14(25)10-17(26)22(15,18)21(27)23-16/h7-8,11-16,18-20,24-25H,4-6,9-10H2,1-3H3,(H,23,27)/b8-7-/t12-,13-,14-,15-,16-,18-,19+,20-,22+/m0/s1. The monoisotopic (exact) mass is 391 g/mol. The summed E-state index contributed by atoms with van der Waals surface area (Å²) in [6.45, 7) is 6.34. The number of nitrogens with one attached hydrogen (secondary N) is 1. The van der Waals surface area contributed by atoms with Crippen molar-refractivity contribution in [2.24, 2.45) is 29.1 Å². The van der Waals surface area contributed by atoms with Crippen LogP contribution < -0.4 is 5.32 Å². The number of carbonyl (C=O) groups is 2. The van der Waals surface area contributed by atoms with Gasteiger partial charge in [0.25, 0.3) is 0 Å². The highest BCUT2D eigenvalue weighted by Gasteiger charge is 2.74. The summed E-state index contributed by atoms with van der Waals surface area (Å²) in [4.78, 5) is 27.1. The topological polar surface area (TPSA) is 99.2 Å². The van der Waals surface area contributed by atoms with E-state index < -0.39 is 17.6 Å². The van der Waals surface area contributed by atoms with Crippen molar-refractivity contribution in [2.75, 3.05) is 0 Å². The van der Waals surface area contributed by atoms with Crippen LogP contribution in [0.5, 0.6) is 0 Å². The van der Waals surface area contributed by atoms with E-state index in [-0.39, 0.29) is 54.1 Å². The number of hydrogen-bond donors (Lipinski definition) is 3. The first-order valence-corrected chi connectivity index (χ1v) is 10.8. The van der Waals surface area contributed by atoms with Crippen LogP contribution in [0.25, 0.3) is 0 Å². The molecule has 156 valence electrons. The van der Waals surface area contributed by atoms with Crippen LogP contribution in [0.15, 0.2) is 12.2 Å². The molecule has 0 radical (unpaired) electrons. The Bertz CT molecular complexity index is 676. The molecule has 0 unspecified atom stereocenters. The van der Waals surface area contributed by atoms with Gasteiger partial charge in [0.15, 0.2) is 5.78 Å². The Morgan fingerprint density at radius 3 is 2.68 bits per heavy atom. The zero-order valence-electron chi connectivity index (χ0n) is 17.0. The van der Waals surface area contributed by atoms with E-state index in [9.17, 15) is 19.8 Å². The van der Waals surface area contributed by atoms with E-state index in [0.717, 1.165) is 6.42 Å². The van der Waals surface area contributed by atoms with Crippen LogP contribution in [-0.2, 0) is 14.3 Å². The van der Waals surface area contributed by atoms with Gasteiger partial charge in [0.1, 0.15) is 5.41 Å². The van der Waals surface area contributed by atoms with Gasteiger partial charge in [0.05, 0.1) is 24.4 Å². The van der Waals surface area contributed by atoms with Crippen molar-refractivity contribution in [2.45, 2.75) is 83.3 Å². The van der Waals surface area contributed by atoms with Gasteiger partial charge in [-0.3, -0.25) is 9.59 Å². The number of aliphatic hydroxyl groups excluding tert-OH is 2. The number of ketones is 1. The number of amides is 1. The van der Waals surface area contributed by atoms with Gasteiger partial charge in [-0.25, -0.2) is 0 Å². The lowest BCUT2D eigenvalue weighted by molar-refractivity contribution is -0.149. The number of hydrogen-bond acceptors (Lipinski definition) is 5. The van der Waals surface area contributed by atoms with E-state index in [1.165, 1.54) is 0 Å². The second-order valence-electron chi connectivity index (χ2n) is 9.72. The molecular formula is C22H33NO5. The fraction of sp³-hybridized carbons (Fsp3) is 0.818. The fourth-order valence-corrected chi connectivity index (χ4v) is 6.18. The Morgan fingerprint density at radius 2 is 1.96 bits per heavy atom. The van der Waals surface area contributed by atoms with Crippen LogP contribution >= 0.6 is 0 Å². The van der Waals surface area contributed by atoms with Crippen molar-refractivity contribution in [1.29, 1.82) is 0 Å². The van der Waals surface area contributed by atoms with Crippen LogP contribution in [0.1, 0.15) is 52.9 Å². The van der Waals surface area contributed by atoms with E-state index >= 15 is 0 Å². The van der Waals surface area contributed by atoms with Gasteiger partial charge < -0.3 is 20.3 Å². The molecule has 28 heavy (non-hydrogen) atoms. The summed E-state index contributed by atoms with van der Waals surface area (Å²) in [7, 11) is 0. The van der Waals surface area contributed by atoms with Crippen LogP contribution in [0, 0.1) is 29.1 Å². The molecule has 2 aliphatic carbocycles. The average Bonchev–Trinajstić information content (AvgIpc) is 3.34. The molecular weight excluding hydrogens is 358 g/mol. The summed E-state index contributed by atoms with van der Waals surface area (Å²) in [6.07, 6.45) is 4.50. The van der Waals surface area contributed by atoms with Crippen molar-refractivity contribution in [3.05, 3.63) is 12.2 Å². The molecule has 2 heterocycles. The highest BCUT2D eigenvalue weighted by atomic mass is 16.6. The molecule has 0 aromatic rings. The third kappa shape index (κ3) is 3.04. The maximum absolute atomic E-state index is 13.7. The summed E-state index contributed by atoms with van der Waals surface area (Å²) in [5, 5.41) is 23.9. The van der Waals surface area contributed by atoms with Crippen molar-refractivity contribution in [3.8, 4) is 0 Å². The first kappa shape index (κ1) is 20.0. The van der Waals surface area contributed by atoms with Crippen molar-refractivity contribution < 1.29 is 24.5 Å². The number of fused-ring (bicyclic) bond motifs is 2. The average molecular weight is 392 g/mol. The Kier molecular flexibility index (Phi) is 5.17. The molecule has 4 rings (SSSR count). The molecule has 9 atom stereocenters. The second-order valence-corrected chi connectivity index (χ2v) is 9.72. The van der Waals surface area contributed by atoms with Crippen LogP contribution in [0.4, 0.5) is 0 Å². The van der Waals surface area contributed by atoms with Crippen molar-refractivity contribution in [3.63, 3.8) is 0 Å². The van der Waals surface area contributed by atoms with Crippen molar-refractivity contribution in [1.82, 2.24) is 5.32 Å². The first-order valence-electron chi connectivity index (χ1n) is 10.8. The van der Waals surface area contributed by atoms with Gasteiger partial charge in [0.2, 0.25) is 5.91 Å². The molecule has 6 nitrogen and oxygen atoms in total. The fourth-order valence-electron chi connectivity index (χ4n) is 6.18. The van der Waals surface area contributed by atoms with Gasteiger partial charge in [-0.05, 0) is 37.5 Å². The number of aliphatic hydroxyl groups is 2. The minimum absolute atomic E-state index is 0.0111. The third-order valence-corrected chi connectivity index (χ3v) is 7.36. The highest BCUT2D eigenvalue weighted by molar-refractivity contribution is 6.09. The zero-order valence-corrected chi connectivity index (χ0v) is 17.0. The molecule has 6 heteroatoms. The lowest BCUT2D eigenvalue weighted by Gasteiger charge is -2.44. The molecule has 4 aliphatic rings. The van der Waals surface area contributed by atoms with Gasteiger partial charge in [-0.1, -0.05) is 32.9 Å². The smallest absolute Gasteiger partial charge is 0.235 e. The number of rotatable bonds is 2.